The van der Waals surface area contributed by atoms with Crippen LogP contribution in [-0.2, 0) is 19.6 Å². The molecule has 0 saturated heterocycles. The van der Waals surface area contributed by atoms with Crippen LogP contribution < -0.4 is 14.9 Å². The Balaban J connectivity index is 2.81. The van der Waals surface area contributed by atoms with Gasteiger partial charge in [-0.1, -0.05) is 24.6 Å². The van der Waals surface area contributed by atoms with Gasteiger partial charge in [0.15, 0.2) is 0 Å². The number of amides is 2. The van der Waals surface area contributed by atoms with Gasteiger partial charge in [0.05, 0.1) is 11.9 Å². The average Bonchev–Trinajstić information content (AvgIpc) is 2.49. The van der Waals surface area contributed by atoms with E-state index in [1.54, 1.807) is 12.1 Å². The molecule has 1 atom stereocenters. The third-order valence-electron chi connectivity index (χ3n) is 3.10. The van der Waals surface area contributed by atoms with Crippen LogP contribution in [0.25, 0.3) is 0 Å². The molecule has 2 amide bonds. The molecule has 1 rings (SSSR count). The van der Waals surface area contributed by atoms with Gasteiger partial charge in [-0.3, -0.25) is 13.9 Å². The Hall–Kier alpha value is -1.80. The number of anilines is 1. The molecule has 0 radical (unpaired) electrons. The zero-order valence-electron chi connectivity index (χ0n) is 13.9. The predicted molar refractivity (Wildman–Crippen MR) is 94.5 cm³/mol. The fraction of sp³-hybridized carbons (Fsp3) is 0.467. The number of hydrogen-bond acceptors (Lipinski definition) is 4. The fourth-order valence-electron chi connectivity index (χ4n) is 1.92. The van der Waals surface area contributed by atoms with Gasteiger partial charge in [0.2, 0.25) is 21.8 Å². The number of halogens is 1. The SMILES string of the molecule is CCCNC(=O)C(C)NC(=O)CN(c1cccc(Cl)c1)S(C)(=O)=O. The number of sulfonamides is 1. The van der Waals surface area contributed by atoms with Crippen LogP contribution in [0.3, 0.4) is 0 Å². The van der Waals surface area contributed by atoms with E-state index in [9.17, 15) is 18.0 Å². The minimum atomic E-state index is -3.69. The van der Waals surface area contributed by atoms with Gasteiger partial charge < -0.3 is 10.6 Å². The number of rotatable bonds is 8. The van der Waals surface area contributed by atoms with E-state index in [4.69, 9.17) is 11.6 Å². The van der Waals surface area contributed by atoms with Crippen molar-refractivity contribution in [3.8, 4) is 0 Å². The Labute approximate surface area is 147 Å². The molecule has 7 nitrogen and oxygen atoms in total. The molecular weight excluding hydrogens is 354 g/mol. The zero-order chi connectivity index (χ0) is 18.3. The first-order valence-corrected chi connectivity index (χ1v) is 9.68. The van der Waals surface area contributed by atoms with Crippen molar-refractivity contribution in [3.05, 3.63) is 29.3 Å². The molecule has 0 aromatic heterocycles. The van der Waals surface area contributed by atoms with E-state index in [0.717, 1.165) is 17.0 Å². The second-order valence-electron chi connectivity index (χ2n) is 5.33. The van der Waals surface area contributed by atoms with Crippen LogP contribution >= 0.6 is 11.6 Å². The van der Waals surface area contributed by atoms with Crippen molar-refractivity contribution in [1.29, 1.82) is 0 Å². The van der Waals surface area contributed by atoms with Gasteiger partial charge in [-0.25, -0.2) is 8.42 Å². The summed E-state index contributed by atoms with van der Waals surface area (Å²) in [5, 5.41) is 5.50. The Morgan fingerprint density at radius 1 is 1.33 bits per heavy atom. The van der Waals surface area contributed by atoms with Crippen LogP contribution in [0.5, 0.6) is 0 Å². The normalized spacial score (nSPS) is 12.3. The highest BCUT2D eigenvalue weighted by Gasteiger charge is 2.23. The quantitative estimate of drug-likeness (QED) is 0.712. The van der Waals surface area contributed by atoms with Crippen molar-refractivity contribution in [1.82, 2.24) is 10.6 Å². The van der Waals surface area contributed by atoms with Crippen molar-refractivity contribution >= 4 is 39.1 Å². The summed E-state index contributed by atoms with van der Waals surface area (Å²) in [6.45, 7) is 3.52. The molecule has 9 heteroatoms. The molecule has 1 aromatic carbocycles. The lowest BCUT2D eigenvalue weighted by Gasteiger charge is -2.23. The summed E-state index contributed by atoms with van der Waals surface area (Å²) >= 11 is 5.87. The molecule has 0 aliphatic rings. The first kappa shape index (κ1) is 20.2. The van der Waals surface area contributed by atoms with Crippen LogP contribution in [0, 0.1) is 0 Å². The molecule has 0 aliphatic carbocycles. The van der Waals surface area contributed by atoms with Crippen LogP contribution in [0.15, 0.2) is 24.3 Å². The fourth-order valence-corrected chi connectivity index (χ4v) is 2.95. The van der Waals surface area contributed by atoms with Crippen molar-refractivity contribution in [2.24, 2.45) is 0 Å². The van der Waals surface area contributed by atoms with E-state index in [1.807, 2.05) is 6.92 Å². The molecule has 134 valence electrons. The van der Waals surface area contributed by atoms with E-state index in [0.29, 0.717) is 11.6 Å². The Morgan fingerprint density at radius 2 is 2.00 bits per heavy atom. The summed E-state index contributed by atoms with van der Waals surface area (Å²) in [5.41, 5.74) is 0.281. The standard InChI is InChI=1S/C15H22ClN3O4S/c1-4-8-17-15(21)11(2)18-14(20)10-19(24(3,22)23)13-7-5-6-12(16)9-13/h5-7,9,11H,4,8,10H2,1-3H3,(H,17,21)(H,18,20). The first-order chi connectivity index (χ1) is 11.1. The molecule has 0 heterocycles. The molecule has 1 unspecified atom stereocenters. The number of carbonyl (C=O) groups is 2. The maximum atomic E-state index is 12.1. The Morgan fingerprint density at radius 3 is 2.54 bits per heavy atom. The minimum Gasteiger partial charge on any atom is -0.354 e. The molecule has 0 bridgehead atoms. The number of nitrogens with zero attached hydrogens (tertiary/aromatic N) is 1. The highest BCUT2D eigenvalue weighted by Crippen LogP contribution is 2.21. The molecule has 1 aromatic rings. The summed E-state index contributed by atoms with van der Waals surface area (Å²) < 4.78 is 24.9. The van der Waals surface area contributed by atoms with E-state index < -0.39 is 28.5 Å². The molecule has 2 N–H and O–H groups in total. The third-order valence-corrected chi connectivity index (χ3v) is 4.48. The summed E-state index contributed by atoms with van der Waals surface area (Å²) in [7, 11) is -3.69. The number of hydrogen-bond donors (Lipinski definition) is 2. The van der Waals surface area contributed by atoms with Gasteiger partial charge in [0.1, 0.15) is 12.6 Å². The summed E-state index contributed by atoms with van der Waals surface area (Å²) in [6, 6.07) is 5.43. The van der Waals surface area contributed by atoms with Crippen molar-refractivity contribution in [2.75, 3.05) is 23.7 Å². The van der Waals surface area contributed by atoms with E-state index in [1.165, 1.54) is 19.1 Å². The van der Waals surface area contributed by atoms with E-state index in [-0.39, 0.29) is 11.6 Å². The van der Waals surface area contributed by atoms with Gasteiger partial charge in [-0.05, 0) is 31.5 Å². The highest BCUT2D eigenvalue weighted by molar-refractivity contribution is 7.92. The maximum Gasteiger partial charge on any atom is 0.242 e. The second kappa shape index (κ2) is 8.89. The predicted octanol–water partition coefficient (Wildman–Crippen LogP) is 1.14. The number of benzene rings is 1. The summed E-state index contributed by atoms with van der Waals surface area (Å²) in [4.78, 5) is 23.9. The van der Waals surface area contributed by atoms with Gasteiger partial charge in [-0.2, -0.15) is 0 Å². The largest absolute Gasteiger partial charge is 0.354 e. The first-order valence-electron chi connectivity index (χ1n) is 7.45. The van der Waals surface area contributed by atoms with Gasteiger partial charge in [0, 0.05) is 11.6 Å². The Kier molecular flexibility index (Phi) is 7.50. The Bertz CT molecular complexity index is 694. The van der Waals surface area contributed by atoms with Crippen molar-refractivity contribution < 1.29 is 18.0 Å². The van der Waals surface area contributed by atoms with Crippen molar-refractivity contribution in [3.63, 3.8) is 0 Å². The van der Waals surface area contributed by atoms with Gasteiger partial charge >= 0.3 is 0 Å². The molecule has 0 saturated carbocycles. The van der Waals surface area contributed by atoms with Crippen molar-refractivity contribution in [2.45, 2.75) is 26.3 Å². The molecule has 0 spiro atoms. The maximum absolute atomic E-state index is 12.1. The lowest BCUT2D eigenvalue weighted by atomic mass is 10.3. The minimum absolute atomic E-state index is 0.281. The number of nitrogens with one attached hydrogen (secondary N) is 2. The lowest BCUT2D eigenvalue weighted by molar-refractivity contribution is -0.127. The summed E-state index contributed by atoms with van der Waals surface area (Å²) in [5.74, 6) is -0.904. The average molecular weight is 376 g/mol. The third kappa shape index (κ3) is 6.37. The molecule has 0 aliphatic heterocycles. The number of carbonyl (C=O) groups excluding carboxylic acids is 2. The van der Waals surface area contributed by atoms with Crippen LogP contribution in [0.2, 0.25) is 5.02 Å². The lowest BCUT2D eigenvalue weighted by Crippen LogP contribution is -2.49. The summed E-state index contributed by atoms with van der Waals surface area (Å²) in [6.07, 6.45) is 1.78. The molecule has 24 heavy (non-hydrogen) atoms. The van der Waals surface area contributed by atoms with Crippen LogP contribution in [0.1, 0.15) is 20.3 Å². The van der Waals surface area contributed by atoms with Gasteiger partial charge in [0.25, 0.3) is 0 Å². The second-order valence-corrected chi connectivity index (χ2v) is 7.67. The van der Waals surface area contributed by atoms with E-state index >= 15 is 0 Å². The zero-order valence-corrected chi connectivity index (χ0v) is 15.4. The smallest absolute Gasteiger partial charge is 0.242 e. The van der Waals surface area contributed by atoms with E-state index in [2.05, 4.69) is 10.6 Å². The monoisotopic (exact) mass is 375 g/mol. The molecule has 0 fully saturated rings. The topological polar surface area (TPSA) is 95.6 Å². The highest BCUT2D eigenvalue weighted by atomic mass is 35.5. The van der Waals surface area contributed by atoms with Gasteiger partial charge in [-0.15, -0.1) is 0 Å². The van der Waals surface area contributed by atoms with Crippen LogP contribution in [0.4, 0.5) is 5.69 Å². The van der Waals surface area contributed by atoms with Crippen LogP contribution in [-0.4, -0.2) is 45.6 Å². The molecular formula is C15H22ClN3O4S.